The summed E-state index contributed by atoms with van der Waals surface area (Å²) in [5.41, 5.74) is 0.585. The summed E-state index contributed by atoms with van der Waals surface area (Å²) in [6.45, 7) is 5.60. The van der Waals surface area contributed by atoms with Crippen LogP contribution in [0.4, 0.5) is 0 Å². The first kappa shape index (κ1) is 15.5. The van der Waals surface area contributed by atoms with Gasteiger partial charge in [0.15, 0.2) is 0 Å². The molecule has 0 unspecified atom stereocenters. The summed E-state index contributed by atoms with van der Waals surface area (Å²) in [7, 11) is 1.61. The molecule has 1 heterocycles. The van der Waals surface area contributed by atoms with Crippen LogP contribution in [0.1, 0.15) is 45.6 Å². The number of pyridine rings is 1. The minimum absolute atomic E-state index is 0.0902. The van der Waals surface area contributed by atoms with Crippen LogP contribution in [0.5, 0.6) is 5.88 Å². The fourth-order valence-electron chi connectivity index (χ4n) is 2.50. The van der Waals surface area contributed by atoms with Gasteiger partial charge in [-0.05, 0) is 45.2 Å². The Balaban J connectivity index is 2.16. The lowest BCUT2D eigenvalue weighted by Crippen LogP contribution is -2.32. The molecule has 0 atom stereocenters. The first-order valence-corrected chi connectivity index (χ1v) is 7.27. The topological polar surface area (TPSA) is 48.4 Å². The summed E-state index contributed by atoms with van der Waals surface area (Å²) >= 11 is 0. The predicted octanol–water partition coefficient (Wildman–Crippen LogP) is 3.41. The molecule has 1 fully saturated rings. The number of carbonyl (C=O) groups is 1. The van der Waals surface area contributed by atoms with Crippen molar-refractivity contribution in [2.75, 3.05) is 7.11 Å². The van der Waals surface area contributed by atoms with Crippen LogP contribution in [0.15, 0.2) is 30.5 Å². The second-order valence-electron chi connectivity index (χ2n) is 6.46. The molecule has 0 aromatic carbocycles. The highest BCUT2D eigenvalue weighted by Crippen LogP contribution is 2.45. The van der Waals surface area contributed by atoms with Crippen molar-refractivity contribution in [2.45, 2.75) is 51.0 Å². The molecule has 0 N–H and O–H groups in total. The lowest BCUT2D eigenvalue weighted by Gasteiger charge is -2.40. The van der Waals surface area contributed by atoms with Gasteiger partial charge in [0.2, 0.25) is 5.88 Å². The van der Waals surface area contributed by atoms with Gasteiger partial charge in [-0.2, -0.15) is 0 Å². The number of methoxy groups -OCH3 is 1. The molecular weight excluding hydrogens is 266 g/mol. The number of allylic oxidation sites excluding steroid dienone is 1. The van der Waals surface area contributed by atoms with Crippen LogP contribution in [0.3, 0.4) is 0 Å². The molecule has 0 aliphatic heterocycles. The Morgan fingerprint density at radius 2 is 2.10 bits per heavy atom. The zero-order valence-electron chi connectivity index (χ0n) is 13.2. The van der Waals surface area contributed by atoms with Crippen LogP contribution >= 0.6 is 0 Å². The Kier molecular flexibility index (Phi) is 4.35. The lowest BCUT2D eigenvalue weighted by molar-refractivity contribution is -0.148. The second kappa shape index (κ2) is 5.88. The van der Waals surface area contributed by atoms with E-state index in [0.717, 1.165) is 24.8 Å². The summed E-state index contributed by atoms with van der Waals surface area (Å²) in [5, 5.41) is 0. The number of hydrogen-bond donors (Lipinski definition) is 0. The van der Waals surface area contributed by atoms with E-state index in [0.29, 0.717) is 5.88 Å². The summed E-state index contributed by atoms with van der Waals surface area (Å²) in [6, 6.07) is 3.93. The number of carbonyl (C=O) groups excluding carboxylic acids is 1. The van der Waals surface area contributed by atoms with Gasteiger partial charge < -0.3 is 9.47 Å². The smallest absolute Gasteiger partial charge is 0.330 e. The number of nitrogens with zero attached hydrogens (tertiary/aromatic N) is 1. The zero-order chi connectivity index (χ0) is 15.5. The number of aromatic nitrogens is 1. The highest BCUT2D eigenvalue weighted by molar-refractivity contribution is 5.82. The van der Waals surface area contributed by atoms with Gasteiger partial charge in [-0.15, -0.1) is 0 Å². The molecule has 0 saturated heterocycles. The van der Waals surface area contributed by atoms with E-state index in [4.69, 9.17) is 9.47 Å². The van der Waals surface area contributed by atoms with Crippen LogP contribution in [-0.2, 0) is 14.9 Å². The van der Waals surface area contributed by atoms with Gasteiger partial charge in [-0.3, -0.25) is 0 Å². The molecule has 4 heteroatoms. The van der Waals surface area contributed by atoms with Gasteiger partial charge in [0, 0.05) is 23.8 Å². The Hall–Kier alpha value is -1.84. The van der Waals surface area contributed by atoms with Crippen LogP contribution < -0.4 is 4.74 Å². The molecule has 2 rings (SSSR count). The number of esters is 1. The summed E-state index contributed by atoms with van der Waals surface area (Å²) < 4.78 is 10.5. The van der Waals surface area contributed by atoms with Gasteiger partial charge in [0.25, 0.3) is 0 Å². The third-order valence-corrected chi connectivity index (χ3v) is 3.71. The van der Waals surface area contributed by atoms with Gasteiger partial charge in [0.1, 0.15) is 5.60 Å². The van der Waals surface area contributed by atoms with Crippen LogP contribution in [-0.4, -0.2) is 23.7 Å². The molecule has 1 aliphatic carbocycles. The molecule has 4 nitrogen and oxygen atoms in total. The van der Waals surface area contributed by atoms with Crippen LogP contribution in [0.25, 0.3) is 0 Å². The molecule has 21 heavy (non-hydrogen) atoms. The SMILES string of the molecule is COc1cc(C2(/C=C/C(=O)OC(C)(C)C)CCC2)ccn1. The molecule has 1 aliphatic rings. The average molecular weight is 289 g/mol. The minimum Gasteiger partial charge on any atom is -0.481 e. The zero-order valence-corrected chi connectivity index (χ0v) is 13.2. The monoisotopic (exact) mass is 289 g/mol. The largest absolute Gasteiger partial charge is 0.481 e. The van der Waals surface area contributed by atoms with Crippen molar-refractivity contribution < 1.29 is 14.3 Å². The van der Waals surface area contributed by atoms with Crippen LogP contribution in [0, 0.1) is 0 Å². The standard InChI is InChI=1S/C17H23NO3/c1-16(2,3)21-15(19)6-10-17(8-5-9-17)13-7-11-18-14(12-13)20-4/h6-7,10-12H,5,8-9H2,1-4H3/b10-6+. The molecule has 1 saturated carbocycles. The number of ether oxygens (including phenoxy) is 2. The number of rotatable bonds is 4. The lowest BCUT2D eigenvalue weighted by atomic mass is 9.64. The number of hydrogen-bond acceptors (Lipinski definition) is 4. The Morgan fingerprint density at radius 1 is 1.38 bits per heavy atom. The van der Waals surface area contributed by atoms with Crippen molar-refractivity contribution in [2.24, 2.45) is 0 Å². The van der Waals surface area contributed by atoms with Crippen molar-refractivity contribution in [3.05, 3.63) is 36.0 Å². The van der Waals surface area contributed by atoms with Crippen molar-refractivity contribution in [1.29, 1.82) is 0 Å². The Bertz CT molecular complexity index is 539. The molecule has 1 aromatic rings. The minimum atomic E-state index is -0.464. The Labute approximate surface area is 126 Å². The van der Waals surface area contributed by atoms with E-state index in [9.17, 15) is 4.79 Å². The molecule has 1 aromatic heterocycles. The van der Waals surface area contributed by atoms with E-state index in [2.05, 4.69) is 4.98 Å². The average Bonchev–Trinajstić information content (AvgIpc) is 2.35. The summed E-state index contributed by atoms with van der Waals surface area (Å²) in [5.74, 6) is 0.305. The molecule has 0 bridgehead atoms. The maximum atomic E-state index is 11.9. The first-order valence-electron chi connectivity index (χ1n) is 7.27. The highest BCUT2D eigenvalue weighted by Gasteiger charge is 2.36. The van der Waals surface area contributed by atoms with Crippen molar-refractivity contribution in [3.63, 3.8) is 0 Å². The fraction of sp³-hybridized carbons (Fsp3) is 0.529. The van der Waals surface area contributed by atoms with Gasteiger partial charge in [-0.1, -0.05) is 12.5 Å². The highest BCUT2D eigenvalue weighted by atomic mass is 16.6. The molecule has 0 spiro atoms. The maximum Gasteiger partial charge on any atom is 0.330 e. The van der Waals surface area contributed by atoms with Crippen molar-refractivity contribution in [1.82, 2.24) is 4.98 Å². The van der Waals surface area contributed by atoms with Crippen molar-refractivity contribution >= 4 is 5.97 Å². The third kappa shape index (κ3) is 3.84. The normalized spacial score (nSPS) is 17.3. The van der Waals surface area contributed by atoms with E-state index >= 15 is 0 Å². The van der Waals surface area contributed by atoms with Crippen LogP contribution in [0.2, 0.25) is 0 Å². The third-order valence-electron chi connectivity index (χ3n) is 3.71. The van der Waals surface area contributed by atoms with E-state index in [1.807, 2.05) is 39.0 Å². The van der Waals surface area contributed by atoms with Gasteiger partial charge >= 0.3 is 5.97 Å². The van der Waals surface area contributed by atoms with Gasteiger partial charge in [0.05, 0.1) is 7.11 Å². The van der Waals surface area contributed by atoms with E-state index in [1.54, 1.807) is 19.4 Å². The molecule has 0 amide bonds. The molecule has 0 radical (unpaired) electrons. The molecule has 114 valence electrons. The first-order chi connectivity index (χ1) is 9.85. The predicted molar refractivity (Wildman–Crippen MR) is 81.3 cm³/mol. The quantitative estimate of drug-likeness (QED) is 0.629. The maximum absolute atomic E-state index is 11.9. The van der Waals surface area contributed by atoms with Gasteiger partial charge in [-0.25, -0.2) is 9.78 Å². The fourth-order valence-corrected chi connectivity index (χ4v) is 2.50. The summed E-state index contributed by atoms with van der Waals surface area (Å²) in [4.78, 5) is 16.0. The summed E-state index contributed by atoms with van der Waals surface area (Å²) in [6.07, 6.45) is 8.48. The van der Waals surface area contributed by atoms with E-state index in [-0.39, 0.29) is 11.4 Å². The molecular formula is C17H23NO3. The second-order valence-corrected chi connectivity index (χ2v) is 6.46. The Morgan fingerprint density at radius 3 is 2.62 bits per heavy atom. The van der Waals surface area contributed by atoms with E-state index in [1.165, 1.54) is 0 Å². The van der Waals surface area contributed by atoms with E-state index < -0.39 is 5.60 Å². The van der Waals surface area contributed by atoms with Crippen molar-refractivity contribution in [3.8, 4) is 5.88 Å².